The fourth-order valence-corrected chi connectivity index (χ4v) is 2.48. The average molecular weight is 267 g/mol. The number of hydrogen-bond acceptors (Lipinski definition) is 4. The molecule has 1 aromatic carbocycles. The van der Waals surface area contributed by atoms with Crippen LogP contribution in [0.15, 0.2) is 23.1 Å². The monoisotopic (exact) mass is 267 g/mol. The van der Waals surface area contributed by atoms with E-state index in [1.54, 1.807) is 18.9 Å². The number of benzene rings is 1. The Morgan fingerprint density at radius 3 is 2.72 bits per heavy atom. The Kier molecular flexibility index (Phi) is 5.50. The van der Waals surface area contributed by atoms with E-state index >= 15 is 0 Å². The Morgan fingerprint density at radius 1 is 1.56 bits per heavy atom. The number of nitrogens with zero attached hydrogens (tertiary/aromatic N) is 1. The van der Waals surface area contributed by atoms with Crippen molar-refractivity contribution in [2.75, 3.05) is 31.9 Å². The minimum Gasteiger partial charge on any atom is -0.384 e. The summed E-state index contributed by atoms with van der Waals surface area (Å²) < 4.78 is 5.17. The summed E-state index contributed by atoms with van der Waals surface area (Å²) in [5.41, 5.74) is 7.49. The van der Waals surface area contributed by atoms with Gasteiger partial charge in [0.15, 0.2) is 0 Å². The van der Waals surface area contributed by atoms with Crippen molar-refractivity contribution in [3.63, 3.8) is 0 Å². The molecule has 4 nitrogen and oxygen atoms in total. The maximum absolute atomic E-state index is 7.76. The first-order valence-corrected chi connectivity index (χ1v) is 6.98. The van der Waals surface area contributed by atoms with Crippen molar-refractivity contribution >= 4 is 23.3 Å². The third-order valence-corrected chi connectivity index (χ3v) is 3.72. The molecule has 0 spiro atoms. The van der Waals surface area contributed by atoms with Crippen LogP contribution in [0, 0.1) is 5.41 Å². The summed E-state index contributed by atoms with van der Waals surface area (Å²) in [5.74, 6) is 0.103. The molecular weight excluding hydrogens is 246 g/mol. The van der Waals surface area contributed by atoms with Crippen molar-refractivity contribution < 1.29 is 4.74 Å². The van der Waals surface area contributed by atoms with Crippen LogP contribution in [-0.4, -0.2) is 38.9 Å². The van der Waals surface area contributed by atoms with E-state index in [1.807, 2.05) is 31.5 Å². The Labute approximate surface area is 113 Å². The van der Waals surface area contributed by atoms with E-state index in [2.05, 4.69) is 11.8 Å². The highest BCUT2D eigenvalue weighted by molar-refractivity contribution is 7.98. The van der Waals surface area contributed by atoms with Crippen LogP contribution in [0.2, 0.25) is 0 Å². The maximum atomic E-state index is 7.76. The highest BCUT2D eigenvalue weighted by Crippen LogP contribution is 2.29. The first-order valence-electron chi connectivity index (χ1n) is 5.76. The minimum atomic E-state index is 0.103. The molecule has 0 aliphatic heterocycles. The van der Waals surface area contributed by atoms with E-state index in [4.69, 9.17) is 15.9 Å². The van der Waals surface area contributed by atoms with Gasteiger partial charge >= 0.3 is 0 Å². The third kappa shape index (κ3) is 3.17. The van der Waals surface area contributed by atoms with Crippen molar-refractivity contribution in [1.82, 2.24) is 0 Å². The Balaban J connectivity index is 3.19. The van der Waals surface area contributed by atoms with Crippen LogP contribution in [0.5, 0.6) is 0 Å². The topological polar surface area (TPSA) is 62.3 Å². The number of ether oxygens (including phenoxy) is 1. The number of anilines is 1. The van der Waals surface area contributed by atoms with Crippen molar-refractivity contribution in [2.24, 2.45) is 5.73 Å². The maximum Gasteiger partial charge on any atom is 0.126 e. The third-order valence-electron chi connectivity index (χ3n) is 2.94. The van der Waals surface area contributed by atoms with E-state index in [9.17, 15) is 0 Å². The number of rotatable bonds is 6. The highest BCUT2D eigenvalue weighted by Gasteiger charge is 2.17. The van der Waals surface area contributed by atoms with Crippen LogP contribution >= 0.6 is 11.8 Å². The molecule has 5 heteroatoms. The predicted octanol–water partition coefficient (Wildman–Crippen LogP) is 2.16. The van der Waals surface area contributed by atoms with Gasteiger partial charge in [-0.15, -0.1) is 11.8 Å². The Hall–Kier alpha value is -1.20. The molecule has 0 aliphatic rings. The Bertz CT molecular complexity index is 423. The van der Waals surface area contributed by atoms with Crippen molar-refractivity contribution in [2.45, 2.75) is 17.9 Å². The zero-order valence-electron chi connectivity index (χ0n) is 11.4. The lowest BCUT2D eigenvalue weighted by Crippen LogP contribution is -2.34. The first kappa shape index (κ1) is 14.9. The van der Waals surface area contributed by atoms with Gasteiger partial charge in [0, 0.05) is 30.8 Å². The molecule has 0 aliphatic carbocycles. The number of amidine groups is 1. The summed E-state index contributed by atoms with van der Waals surface area (Å²) >= 11 is 1.60. The number of likely N-dealkylation sites (N-methyl/N-ethyl adjacent to an activating group) is 1. The van der Waals surface area contributed by atoms with Gasteiger partial charge in [0.1, 0.15) is 5.84 Å². The van der Waals surface area contributed by atoms with E-state index in [0.717, 1.165) is 16.1 Å². The molecule has 1 atom stereocenters. The van der Waals surface area contributed by atoms with E-state index < -0.39 is 0 Å². The van der Waals surface area contributed by atoms with Crippen LogP contribution in [-0.2, 0) is 4.74 Å². The summed E-state index contributed by atoms with van der Waals surface area (Å²) in [6.07, 6.45) is 1.99. The molecule has 0 aromatic heterocycles. The van der Waals surface area contributed by atoms with Gasteiger partial charge in [0.05, 0.1) is 12.2 Å². The molecule has 1 rings (SSSR count). The van der Waals surface area contributed by atoms with Gasteiger partial charge < -0.3 is 15.4 Å². The second kappa shape index (κ2) is 6.66. The lowest BCUT2D eigenvalue weighted by molar-refractivity contribution is 0.183. The second-order valence-electron chi connectivity index (χ2n) is 4.18. The van der Waals surface area contributed by atoms with Crippen LogP contribution in [0.1, 0.15) is 12.5 Å². The van der Waals surface area contributed by atoms with E-state index in [-0.39, 0.29) is 11.9 Å². The fourth-order valence-electron chi connectivity index (χ4n) is 1.84. The SMILES string of the molecule is COCC(C)N(C)c1cccc(SC)c1C(=N)N. The highest BCUT2D eigenvalue weighted by atomic mass is 32.2. The number of hydrogen-bond donors (Lipinski definition) is 2. The van der Waals surface area contributed by atoms with Gasteiger partial charge in [-0.05, 0) is 25.3 Å². The molecule has 1 aromatic rings. The zero-order chi connectivity index (χ0) is 13.7. The normalized spacial score (nSPS) is 12.2. The van der Waals surface area contributed by atoms with Crippen molar-refractivity contribution in [3.8, 4) is 0 Å². The molecule has 1 unspecified atom stereocenters. The molecule has 0 saturated heterocycles. The number of nitrogens with one attached hydrogen (secondary N) is 1. The van der Waals surface area contributed by atoms with Gasteiger partial charge in [-0.25, -0.2) is 0 Å². The van der Waals surface area contributed by atoms with Crippen molar-refractivity contribution in [1.29, 1.82) is 5.41 Å². The van der Waals surface area contributed by atoms with E-state index in [0.29, 0.717) is 6.61 Å². The minimum absolute atomic E-state index is 0.103. The van der Waals surface area contributed by atoms with Gasteiger partial charge in [-0.1, -0.05) is 6.07 Å². The standard InChI is InChI=1S/C13H21N3OS/c1-9(8-17-3)16(2)10-6-5-7-11(18-4)12(10)13(14)15/h5-7,9H,8H2,1-4H3,(H3,14,15). The molecular formula is C13H21N3OS. The van der Waals surface area contributed by atoms with Crippen LogP contribution in [0.25, 0.3) is 0 Å². The number of methoxy groups -OCH3 is 1. The molecule has 18 heavy (non-hydrogen) atoms. The number of nitrogens with two attached hydrogens (primary N) is 1. The lowest BCUT2D eigenvalue weighted by atomic mass is 10.1. The number of nitrogen functional groups attached to an aromatic ring is 1. The first-order chi connectivity index (χ1) is 8.52. The van der Waals surface area contributed by atoms with Crippen LogP contribution in [0.4, 0.5) is 5.69 Å². The summed E-state index contributed by atoms with van der Waals surface area (Å²) in [6.45, 7) is 2.72. The smallest absolute Gasteiger partial charge is 0.126 e. The summed E-state index contributed by atoms with van der Waals surface area (Å²) in [6, 6.07) is 6.19. The quantitative estimate of drug-likeness (QED) is 0.471. The second-order valence-corrected chi connectivity index (χ2v) is 5.03. The molecule has 0 fully saturated rings. The van der Waals surface area contributed by atoms with Gasteiger partial charge in [0.25, 0.3) is 0 Å². The van der Waals surface area contributed by atoms with E-state index in [1.165, 1.54) is 0 Å². The molecule has 0 amide bonds. The van der Waals surface area contributed by atoms with Crippen molar-refractivity contribution in [3.05, 3.63) is 23.8 Å². The fraction of sp³-hybridized carbons (Fsp3) is 0.462. The van der Waals surface area contributed by atoms with Gasteiger partial charge in [-0.3, -0.25) is 5.41 Å². The van der Waals surface area contributed by atoms with Gasteiger partial charge in [0.2, 0.25) is 0 Å². The molecule has 0 radical (unpaired) electrons. The predicted molar refractivity (Wildman–Crippen MR) is 79.0 cm³/mol. The Morgan fingerprint density at radius 2 is 2.22 bits per heavy atom. The molecule has 0 saturated carbocycles. The summed E-state index contributed by atoms with van der Waals surface area (Å²) in [7, 11) is 3.68. The van der Waals surface area contributed by atoms with Crippen LogP contribution < -0.4 is 10.6 Å². The largest absolute Gasteiger partial charge is 0.384 e. The van der Waals surface area contributed by atoms with Gasteiger partial charge in [-0.2, -0.15) is 0 Å². The molecule has 100 valence electrons. The molecule has 3 N–H and O–H groups in total. The zero-order valence-corrected chi connectivity index (χ0v) is 12.2. The summed E-state index contributed by atoms with van der Waals surface area (Å²) in [4.78, 5) is 3.12. The number of thioether (sulfide) groups is 1. The van der Waals surface area contributed by atoms with Crippen LogP contribution in [0.3, 0.4) is 0 Å². The average Bonchev–Trinajstić information content (AvgIpc) is 2.36. The summed E-state index contributed by atoms with van der Waals surface area (Å²) in [5, 5.41) is 7.76. The molecule has 0 heterocycles. The lowest BCUT2D eigenvalue weighted by Gasteiger charge is -2.29. The molecule has 0 bridgehead atoms.